The fourth-order valence-corrected chi connectivity index (χ4v) is 4.72. The topological polar surface area (TPSA) is 66.5 Å². The molecule has 0 saturated heterocycles. The van der Waals surface area contributed by atoms with E-state index in [9.17, 15) is 13.2 Å². The molecule has 7 heteroatoms. The molecule has 0 aliphatic rings. The molecule has 0 aliphatic carbocycles. The van der Waals surface area contributed by atoms with Gasteiger partial charge < -0.3 is 5.32 Å². The van der Waals surface area contributed by atoms with E-state index >= 15 is 0 Å². The predicted octanol–water partition coefficient (Wildman–Crippen LogP) is 4.71. The van der Waals surface area contributed by atoms with Crippen LogP contribution in [0.4, 0.5) is 5.69 Å². The second-order valence-electron chi connectivity index (χ2n) is 7.47. The highest BCUT2D eigenvalue weighted by Crippen LogP contribution is 2.26. The molecule has 2 atom stereocenters. The van der Waals surface area contributed by atoms with Crippen LogP contribution in [0.15, 0.2) is 78.9 Å². The fourth-order valence-electron chi connectivity index (χ4n) is 3.42. The van der Waals surface area contributed by atoms with Crippen LogP contribution in [0.3, 0.4) is 0 Å². The van der Waals surface area contributed by atoms with Crippen molar-refractivity contribution >= 4 is 33.2 Å². The van der Waals surface area contributed by atoms with Gasteiger partial charge in [0.15, 0.2) is 0 Å². The normalized spacial score (nSPS) is 13.3. The molecule has 0 radical (unpaired) electrons. The van der Waals surface area contributed by atoms with Crippen molar-refractivity contribution in [3.63, 3.8) is 0 Å². The van der Waals surface area contributed by atoms with Crippen molar-refractivity contribution in [2.45, 2.75) is 25.9 Å². The Morgan fingerprint density at radius 1 is 0.903 bits per heavy atom. The van der Waals surface area contributed by atoms with E-state index in [1.807, 2.05) is 61.5 Å². The lowest BCUT2D eigenvalue weighted by molar-refractivity contribution is -0.122. The molecule has 0 aromatic heterocycles. The number of nitrogens with zero attached hydrogens (tertiary/aromatic N) is 1. The molecule has 0 fully saturated rings. The maximum absolute atomic E-state index is 13.3. The standard InChI is InChI=1S/C24H25ClN2O3S/c1-17-9-11-20(12-10-17)23(19-7-5-4-6-8-19)26-24(28)18(2)27(31(3,29)30)22-15-13-21(25)14-16-22/h4-16,18,23H,1-3H3,(H,26,28)/t18-,23-/m1/s1. The van der Waals surface area contributed by atoms with Crippen LogP contribution < -0.4 is 9.62 Å². The maximum Gasteiger partial charge on any atom is 0.244 e. The highest BCUT2D eigenvalue weighted by molar-refractivity contribution is 7.92. The van der Waals surface area contributed by atoms with E-state index in [0.29, 0.717) is 10.7 Å². The molecule has 0 bridgehead atoms. The van der Waals surface area contributed by atoms with Crippen LogP contribution in [0.5, 0.6) is 0 Å². The van der Waals surface area contributed by atoms with E-state index in [2.05, 4.69) is 5.32 Å². The Morgan fingerprint density at radius 2 is 1.45 bits per heavy atom. The van der Waals surface area contributed by atoms with E-state index in [1.165, 1.54) is 0 Å². The fraction of sp³-hybridized carbons (Fsp3) is 0.208. The number of hydrogen-bond donors (Lipinski definition) is 1. The monoisotopic (exact) mass is 456 g/mol. The molecule has 5 nitrogen and oxygen atoms in total. The first-order chi connectivity index (χ1) is 14.7. The molecule has 0 saturated carbocycles. The van der Waals surface area contributed by atoms with Gasteiger partial charge in [-0.25, -0.2) is 8.42 Å². The number of carbonyl (C=O) groups excluding carboxylic acids is 1. The van der Waals surface area contributed by atoms with Gasteiger partial charge in [-0.3, -0.25) is 9.10 Å². The second kappa shape index (κ2) is 9.54. The molecule has 1 amide bonds. The Bertz CT molecular complexity index is 1130. The summed E-state index contributed by atoms with van der Waals surface area (Å²) in [5.41, 5.74) is 3.31. The van der Waals surface area contributed by atoms with E-state index in [1.54, 1.807) is 31.2 Å². The van der Waals surface area contributed by atoms with Crippen molar-refractivity contribution in [3.05, 3.63) is 101 Å². The number of halogens is 1. The van der Waals surface area contributed by atoms with Gasteiger partial charge >= 0.3 is 0 Å². The zero-order valence-corrected chi connectivity index (χ0v) is 19.2. The Morgan fingerprint density at radius 3 is 2.00 bits per heavy atom. The van der Waals surface area contributed by atoms with Crippen molar-refractivity contribution in [3.8, 4) is 0 Å². The van der Waals surface area contributed by atoms with Crippen LogP contribution in [-0.4, -0.2) is 26.6 Å². The number of amides is 1. The van der Waals surface area contributed by atoms with Crippen LogP contribution in [0.2, 0.25) is 5.02 Å². The average molecular weight is 457 g/mol. The van der Waals surface area contributed by atoms with Crippen LogP contribution in [0.1, 0.15) is 29.7 Å². The summed E-state index contributed by atoms with van der Waals surface area (Å²) in [6.45, 7) is 3.57. The zero-order chi connectivity index (χ0) is 22.6. The summed E-state index contributed by atoms with van der Waals surface area (Å²) in [6.07, 6.45) is 1.08. The molecular formula is C24H25ClN2O3S. The van der Waals surface area contributed by atoms with Crippen LogP contribution in [0, 0.1) is 6.92 Å². The number of sulfonamides is 1. The van der Waals surface area contributed by atoms with E-state index < -0.39 is 28.0 Å². The number of benzene rings is 3. The van der Waals surface area contributed by atoms with Gasteiger partial charge in [0.1, 0.15) is 6.04 Å². The maximum atomic E-state index is 13.3. The van der Waals surface area contributed by atoms with E-state index in [-0.39, 0.29) is 0 Å². The lowest BCUT2D eigenvalue weighted by atomic mass is 9.97. The van der Waals surface area contributed by atoms with Gasteiger partial charge in [0.05, 0.1) is 18.0 Å². The Hall–Kier alpha value is -2.83. The highest BCUT2D eigenvalue weighted by Gasteiger charge is 2.30. The number of carbonyl (C=O) groups is 1. The molecule has 3 aromatic carbocycles. The third-order valence-corrected chi connectivity index (χ3v) is 6.49. The molecule has 0 unspecified atom stereocenters. The summed E-state index contributed by atoms with van der Waals surface area (Å²) < 4.78 is 26.2. The Balaban J connectivity index is 1.94. The van der Waals surface area contributed by atoms with Crippen molar-refractivity contribution in [2.24, 2.45) is 0 Å². The molecule has 3 rings (SSSR count). The molecule has 0 aliphatic heterocycles. The number of hydrogen-bond acceptors (Lipinski definition) is 3. The summed E-state index contributed by atoms with van der Waals surface area (Å²) in [7, 11) is -3.72. The van der Waals surface area contributed by atoms with E-state index in [4.69, 9.17) is 11.6 Å². The lowest BCUT2D eigenvalue weighted by Gasteiger charge is -2.30. The zero-order valence-electron chi connectivity index (χ0n) is 17.6. The minimum atomic E-state index is -3.72. The van der Waals surface area contributed by atoms with Crippen molar-refractivity contribution < 1.29 is 13.2 Å². The summed E-state index contributed by atoms with van der Waals surface area (Å²) in [5, 5.41) is 3.52. The lowest BCUT2D eigenvalue weighted by Crippen LogP contribution is -2.48. The molecule has 162 valence electrons. The quantitative estimate of drug-likeness (QED) is 0.560. The van der Waals surface area contributed by atoms with Gasteiger partial charge in [-0.15, -0.1) is 0 Å². The number of nitrogens with one attached hydrogen (secondary N) is 1. The van der Waals surface area contributed by atoms with Crippen molar-refractivity contribution in [2.75, 3.05) is 10.6 Å². The Labute approximate surface area is 188 Å². The van der Waals surface area contributed by atoms with Gasteiger partial charge in [0.25, 0.3) is 0 Å². The van der Waals surface area contributed by atoms with Gasteiger partial charge in [0.2, 0.25) is 15.9 Å². The third-order valence-electron chi connectivity index (χ3n) is 5.00. The summed E-state index contributed by atoms with van der Waals surface area (Å²) in [6, 6.07) is 22.5. The minimum absolute atomic E-state index is 0.376. The van der Waals surface area contributed by atoms with Crippen LogP contribution in [0.25, 0.3) is 0 Å². The first-order valence-electron chi connectivity index (χ1n) is 9.83. The van der Waals surface area contributed by atoms with Gasteiger partial charge in [-0.1, -0.05) is 71.8 Å². The van der Waals surface area contributed by atoms with Gasteiger partial charge in [-0.2, -0.15) is 0 Å². The predicted molar refractivity (Wildman–Crippen MR) is 126 cm³/mol. The molecule has 0 spiro atoms. The van der Waals surface area contributed by atoms with Crippen LogP contribution >= 0.6 is 11.6 Å². The first kappa shape index (κ1) is 22.8. The molecule has 0 heterocycles. The number of anilines is 1. The molecule has 3 aromatic rings. The summed E-state index contributed by atoms with van der Waals surface area (Å²) >= 11 is 5.94. The van der Waals surface area contributed by atoms with Gasteiger partial charge in [0, 0.05) is 5.02 Å². The molecular weight excluding hydrogens is 432 g/mol. The van der Waals surface area contributed by atoms with Crippen LogP contribution in [-0.2, 0) is 14.8 Å². The second-order valence-corrected chi connectivity index (χ2v) is 9.77. The SMILES string of the molecule is Cc1ccc([C@H](NC(=O)[C@@H](C)N(c2ccc(Cl)cc2)S(C)(=O)=O)c2ccccc2)cc1. The first-order valence-corrected chi connectivity index (χ1v) is 12.1. The third kappa shape index (κ3) is 5.66. The van der Waals surface area contributed by atoms with E-state index in [0.717, 1.165) is 27.3 Å². The number of aryl methyl sites for hydroxylation is 1. The number of rotatable bonds is 7. The summed E-state index contributed by atoms with van der Waals surface area (Å²) in [4.78, 5) is 13.3. The Kier molecular flexibility index (Phi) is 7.03. The minimum Gasteiger partial charge on any atom is -0.343 e. The largest absolute Gasteiger partial charge is 0.343 e. The van der Waals surface area contributed by atoms with Gasteiger partial charge in [-0.05, 0) is 49.2 Å². The summed E-state index contributed by atoms with van der Waals surface area (Å²) in [5.74, 6) is -0.408. The van der Waals surface area contributed by atoms with Crippen molar-refractivity contribution in [1.29, 1.82) is 0 Å². The van der Waals surface area contributed by atoms with Crippen molar-refractivity contribution in [1.82, 2.24) is 5.32 Å². The molecule has 1 N–H and O–H groups in total. The molecule has 31 heavy (non-hydrogen) atoms. The highest BCUT2D eigenvalue weighted by atomic mass is 35.5. The average Bonchev–Trinajstić information content (AvgIpc) is 2.74. The smallest absolute Gasteiger partial charge is 0.244 e.